The minimum Gasteiger partial charge on any atom is -0.454 e. The van der Waals surface area contributed by atoms with Gasteiger partial charge in [0.1, 0.15) is 0 Å². The Labute approximate surface area is 165 Å². The Balaban J connectivity index is 0.00000210. The van der Waals surface area contributed by atoms with Crippen molar-refractivity contribution in [3.05, 3.63) is 23.8 Å². The van der Waals surface area contributed by atoms with Crippen molar-refractivity contribution < 1.29 is 23.7 Å². The second-order valence-corrected chi connectivity index (χ2v) is 7.17. The molecule has 150 valence electrons. The van der Waals surface area contributed by atoms with E-state index in [2.05, 4.69) is 22.8 Å². The zero-order valence-electron chi connectivity index (χ0n) is 15.3. The van der Waals surface area contributed by atoms with Gasteiger partial charge in [-0.25, -0.2) is 0 Å². The molecule has 0 aliphatic carbocycles. The zero-order chi connectivity index (χ0) is 17.8. The molecule has 1 amide bonds. The van der Waals surface area contributed by atoms with Crippen LogP contribution in [0.1, 0.15) is 24.8 Å². The normalized spacial score (nSPS) is 23.3. The topological polar surface area (TPSA) is 78.1 Å². The average molecular weight is 399 g/mol. The average Bonchev–Trinajstić information content (AvgIpc) is 3.16. The predicted molar refractivity (Wildman–Crippen MR) is 102 cm³/mol. The summed E-state index contributed by atoms with van der Waals surface area (Å²) in [5.74, 6) is 1.62. The van der Waals surface area contributed by atoms with Gasteiger partial charge in [-0.1, -0.05) is 6.07 Å². The maximum Gasteiger partial charge on any atom is 0.231 e. The highest BCUT2D eigenvalue weighted by Gasteiger charge is 2.36. The lowest BCUT2D eigenvalue weighted by Crippen LogP contribution is -2.48. The molecule has 3 aliphatic heterocycles. The van der Waals surface area contributed by atoms with Crippen LogP contribution in [0, 0.1) is 0 Å². The molecule has 1 aromatic carbocycles. The molecule has 0 aromatic heterocycles. The lowest BCUT2D eigenvalue weighted by atomic mass is 9.74. The highest BCUT2D eigenvalue weighted by atomic mass is 35.5. The summed E-state index contributed by atoms with van der Waals surface area (Å²) in [7, 11) is 0. The Morgan fingerprint density at radius 2 is 1.96 bits per heavy atom. The van der Waals surface area contributed by atoms with Gasteiger partial charge in [-0.3, -0.25) is 4.79 Å². The Morgan fingerprint density at radius 1 is 1.15 bits per heavy atom. The van der Waals surface area contributed by atoms with Crippen molar-refractivity contribution in [1.82, 2.24) is 10.6 Å². The van der Waals surface area contributed by atoms with E-state index in [9.17, 15) is 4.79 Å². The Bertz CT molecular complexity index is 645. The molecule has 3 heterocycles. The third-order valence-corrected chi connectivity index (χ3v) is 5.49. The molecular weight excluding hydrogens is 372 g/mol. The number of ether oxygens (including phenoxy) is 4. The first kappa shape index (κ1) is 20.2. The first-order chi connectivity index (χ1) is 12.8. The van der Waals surface area contributed by atoms with Gasteiger partial charge in [-0.05, 0) is 30.5 Å². The van der Waals surface area contributed by atoms with E-state index in [1.165, 1.54) is 5.56 Å². The van der Waals surface area contributed by atoms with Crippen molar-refractivity contribution in [2.75, 3.05) is 46.3 Å². The van der Waals surface area contributed by atoms with Crippen LogP contribution in [0.15, 0.2) is 18.2 Å². The molecule has 8 heteroatoms. The van der Waals surface area contributed by atoms with Crippen LogP contribution in [0.3, 0.4) is 0 Å². The van der Waals surface area contributed by atoms with Crippen molar-refractivity contribution in [2.45, 2.75) is 30.7 Å². The maximum atomic E-state index is 12.4. The van der Waals surface area contributed by atoms with Crippen molar-refractivity contribution in [3.63, 3.8) is 0 Å². The molecule has 27 heavy (non-hydrogen) atoms. The van der Waals surface area contributed by atoms with Gasteiger partial charge in [0.15, 0.2) is 11.5 Å². The van der Waals surface area contributed by atoms with E-state index in [4.69, 9.17) is 18.9 Å². The fraction of sp³-hybridized carbons (Fsp3) is 0.632. The van der Waals surface area contributed by atoms with Crippen molar-refractivity contribution in [3.8, 4) is 11.5 Å². The van der Waals surface area contributed by atoms with Crippen molar-refractivity contribution in [2.24, 2.45) is 0 Å². The fourth-order valence-electron chi connectivity index (χ4n) is 3.87. The van der Waals surface area contributed by atoms with E-state index in [-0.39, 0.29) is 36.6 Å². The number of nitrogens with one attached hydrogen (secondary N) is 2. The molecule has 3 aliphatic rings. The summed E-state index contributed by atoms with van der Waals surface area (Å²) >= 11 is 0. The summed E-state index contributed by atoms with van der Waals surface area (Å²) in [4.78, 5) is 12.4. The minimum atomic E-state index is -0.134. The maximum absolute atomic E-state index is 12.4. The third kappa shape index (κ3) is 4.66. The van der Waals surface area contributed by atoms with E-state index in [1.54, 1.807) is 0 Å². The summed E-state index contributed by atoms with van der Waals surface area (Å²) in [5.41, 5.74) is 1.04. The molecule has 4 rings (SSSR count). The first-order valence-electron chi connectivity index (χ1n) is 9.31. The number of halogens is 1. The van der Waals surface area contributed by atoms with Crippen LogP contribution >= 0.6 is 12.4 Å². The minimum absolute atomic E-state index is 0. The van der Waals surface area contributed by atoms with Crippen molar-refractivity contribution in [1.29, 1.82) is 0 Å². The summed E-state index contributed by atoms with van der Waals surface area (Å²) in [6.07, 6.45) is 2.18. The quantitative estimate of drug-likeness (QED) is 0.780. The fourth-order valence-corrected chi connectivity index (χ4v) is 3.87. The number of fused-ring (bicyclic) bond motifs is 1. The van der Waals surface area contributed by atoms with Crippen LogP contribution in [0.5, 0.6) is 11.5 Å². The van der Waals surface area contributed by atoms with Crippen LogP contribution in [-0.2, 0) is 19.7 Å². The summed E-state index contributed by atoms with van der Waals surface area (Å²) < 4.78 is 22.0. The monoisotopic (exact) mass is 398 g/mol. The Kier molecular flexibility index (Phi) is 6.81. The molecule has 2 fully saturated rings. The number of hydrogen-bond donors (Lipinski definition) is 2. The van der Waals surface area contributed by atoms with E-state index in [0.717, 1.165) is 30.9 Å². The second kappa shape index (κ2) is 9.10. The molecule has 2 N–H and O–H groups in total. The number of morpholine rings is 1. The van der Waals surface area contributed by atoms with Gasteiger partial charge in [0.05, 0.1) is 13.2 Å². The van der Waals surface area contributed by atoms with Crippen LogP contribution in [0.25, 0.3) is 0 Å². The Hall–Kier alpha value is -1.54. The lowest BCUT2D eigenvalue weighted by molar-refractivity contribution is -0.122. The van der Waals surface area contributed by atoms with Gasteiger partial charge in [-0.2, -0.15) is 0 Å². The van der Waals surface area contributed by atoms with E-state index in [1.807, 2.05) is 6.07 Å². The third-order valence-electron chi connectivity index (χ3n) is 5.49. The van der Waals surface area contributed by atoms with Gasteiger partial charge in [0.2, 0.25) is 12.7 Å². The number of carbonyl (C=O) groups is 1. The molecule has 1 unspecified atom stereocenters. The molecule has 1 aromatic rings. The standard InChI is InChI=1S/C19H26N2O5.ClH/c22-18(10-15-11-24-8-5-20-15)21-12-19(3-6-23-7-4-19)14-1-2-16-17(9-14)26-13-25-16;/h1-2,9,15,20H,3-8,10-13H2,(H,21,22);1H. The van der Waals surface area contributed by atoms with Crippen LogP contribution < -0.4 is 20.1 Å². The number of amides is 1. The van der Waals surface area contributed by atoms with Crippen LogP contribution in [0.2, 0.25) is 0 Å². The molecule has 7 nitrogen and oxygen atoms in total. The van der Waals surface area contributed by atoms with Gasteiger partial charge in [0, 0.05) is 44.2 Å². The number of benzene rings is 1. The molecule has 0 saturated carbocycles. The molecule has 0 radical (unpaired) electrons. The molecule has 1 atom stereocenters. The Morgan fingerprint density at radius 3 is 2.74 bits per heavy atom. The first-order valence-corrected chi connectivity index (χ1v) is 9.31. The van der Waals surface area contributed by atoms with E-state index >= 15 is 0 Å². The van der Waals surface area contributed by atoms with E-state index in [0.29, 0.717) is 39.4 Å². The zero-order valence-corrected chi connectivity index (χ0v) is 16.1. The van der Waals surface area contributed by atoms with Crippen LogP contribution in [-0.4, -0.2) is 58.3 Å². The van der Waals surface area contributed by atoms with Crippen LogP contribution in [0.4, 0.5) is 0 Å². The molecule has 0 bridgehead atoms. The highest BCUT2D eigenvalue weighted by Crippen LogP contribution is 2.40. The molecular formula is C19H27ClN2O5. The molecule has 0 spiro atoms. The molecule has 2 saturated heterocycles. The second-order valence-electron chi connectivity index (χ2n) is 7.17. The smallest absolute Gasteiger partial charge is 0.231 e. The number of rotatable bonds is 5. The van der Waals surface area contributed by atoms with Gasteiger partial charge in [-0.15, -0.1) is 12.4 Å². The predicted octanol–water partition coefficient (Wildman–Crippen LogP) is 1.38. The van der Waals surface area contributed by atoms with E-state index < -0.39 is 0 Å². The summed E-state index contributed by atoms with van der Waals surface area (Å²) in [5, 5.41) is 6.47. The van der Waals surface area contributed by atoms with Gasteiger partial charge < -0.3 is 29.6 Å². The number of hydrogen-bond acceptors (Lipinski definition) is 6. The number of carbonyl (C=O) groups excluding carboxylic acids is 1. The van der Waals surface area contributed by atoms with Crippen molar-refractivity contribution >= 4 is 18.3 Å². The summed E-state index contributed by atoms with van der Waals surface area (Å²) in [6.45, 7) is 4.37. The van der Waals surface area contributed by atoms with Gasteiger partial charge >= 0.3 is 0 Å². The lowest BCUT2D eigenvalue weighted by Gasteiger charge is -2.38. The highest BCUT2D eigenvalue weighted by molar-refractivity contribution is 5.85. The SMILES string of the molecule is Cl.O=C(CC1COCCN1)NCC1(c2ccc3c(c2)OCO3)CCOCC1. The largest absolute Gasteiger partial charge is 0.454 e. The van der Waals surface area contributed by atoms with Gasteiger partial charge in [0.25, 0.3) is 0 Å². The summed E-state index contributed by atoms with van der Waals surface area (Å²) in [6, 6.07) is 6.19.